The summed E-state index contributed by atoms with van der Waals surface area (Å²) >= 11 is 0. The summed E-state index contributed by atoms with van der Waals surface area (Å²) in [7, 11) is 3.47. The van der Waals surface area contributed by atoms with E-state index in [9.17, 15) is 4.79 Å². The first-order chi connectivity index (χ1) is 11.5. The minimum atomic E-state index is -0.0119. The summed E-state index contributed by atoms with van der Waals surface area (Å²) in [5.74, 6) is 0.662. The average molecular weight is 461 g/mol. The fourth-order valence-electron chi connectivity index (χ4n) is 2.23. The molecule has 0 saturated heterocycles. The second kappa shape index (κ2) is 12.8. The summed E-state index contributed by atoms with van der Waals surface area (Å²) in [5.41, 5.74) is 2.49. The Morgan fingerprint density at radius 2 is 1.92 bits per heavy atom. The van der Waals surface area contributed by atoms with Gasteiger partial charge < -0.3 is 20.4 Å². The zero-order valence-electron chi connectivity index (χ0n) is 16.0. The van der Waals surface area contributed by atoms with Crippen molar-refractivity contribution in [3.63, 3.8) is 0 Å². The number of nitrogens with one attached hydrogen (secondary N) is 2. The second-order valence-corrected chi connectivity index (χ2v) is 5.83. The van der Waals surface area contributed by atoms with Crippen LogP contribution < -0.4 is 15.5 Å². The summed E-state index contributed by atoms with van der Waals surface area (Å²) in [6.07, 6.45) is 0. The number of hydrogen-bond donors (Lipinski definition) is 2. The molecule has 0 aromatic heterocycles. The highest BCUT2D eigenvalue weighted by atomic mass is 127. The van der Waals surface area contributed by atoms with Crippen LogP contribution in [0.15, 0.2) is 29.3 Å². The molecule has 0 radical (unpaired) electrons. The molecule has 1 amide bonds. The van der Waals surface area contributed by atoms with Gasteiger partial charge in [-0.15, -0.1) is 24.0 Å². The van der Waals surface area contributed by atoms with Crippen LogP contribution in [0.2, 0.25) is 0 Å². The van der Waals surface area contributed by atoms with Gasteiger partial charge in [-0.3, -0.25) is 4.79 Å². The van der Waals surface area contributed by atoms with E-state index in [0.717, 1.165) is 26.2 Å². The molecule has 1 aromatic carbocycles. The van der Waals surface area contributed by atoms with Crippen molar-refractivity contribution in [1.82, 2.24) is 15.5 Å². The Morgan fingerprint density at radius 1 is 1.20 bits per heavy atom. The Labute approximate surface area is 169 Å². The van der Waals surface area contributed by atoms with Gasteiger partial charge in [0, 0.05) is 46.0 Å². The van der Waals surface area contributed by atoms with Gasteiger partial charge in [0.05, 0.1) is 0 Å². The molecule has 0 aliphatic heterocycles. The number of guanidine groups is 1. The van der Waals surface area contributed by atoms with Crippen LogP contribution in [0.1, 0.15) is 19.4 Å². The highest BCUT2D eigenvalue weighted by molar-refractivity contribution is 14.0. The second-order valence-electron chi connectivity index (χ2n) is 5.83. The van der Waals surface area contributed by atoms with Crippen molar-refractivity contribution < 1.29 is 4.79 Å². The molecule has 6 nitrogen and oxygen atoms in total. The van der Waals surface area contributed by atoms with Crippen molar-refractivity contribution in [2.75, 3.05) is 51.7 Å². The largest absolute Gasteiger partial charge is 0.370 e. The molecular formula is C18H32IN5O. The van der Waals surface area contributed by atoms with Crippen molar-refractivity contribution in [3.05, 3.63) is 29.8 Å². The van der Waals surface area contributed by atoms with E-state index >= 15 is 0 Å². The summed E-state index contributed by atoms with van der Waals surface area (Å²) in [4.78, 5) is 19.8. The first-order valence-electron chi connectivity index (χ1n) is 8.51. The number of aliphatic imine (C=N–C) groups is 1. The van der Waals surface area contributed by atoms with Gasteiger partial charge in [0.15, 0.2) is 5.96 Å². The van der Waals surface area contributed by atoms with Gasteiger partial charge in [-0.05, 0) is 38.5 Å². The fraction of sp³-hybridized carbons (Fsp3) is 0.556. The summed E-state index contributed by atoms with van der Waals surface area (Å²) in [6.45, 7) is 9.74. The first-order valence-corrected chi connectivity index (χ1v) is 8.51. The maximum Gasteiger partial charge on any atom is 0.243 e. The van der Waals surface area contributed by atoms with Gasteiger partial charge in [0.2, 0.25) is 5.91 Å². The molecule has 0 atom stereocenters. The lowest BCUT2D eigenvalue weighted by atomic mass is 10.2. The van der Waals surface area contributed by atoms with E-state index in [0.29, 0.717) is 5.96 Å². The normalized spacial score (nSPS) is 10.7. The zero-order valence-corrected chi connectivity index (χ0v) is 18.3. The molecule has 1 aromatic rings. The molecule has 1 rings (SSSR count). The van der Waals surface area contributed by atoms with Gasteiger partial charge in [0.1, 0.15) is 6.54 Å². The molecule has 0 bridgehead atoms. The van der Waals surface area contributed by atoms with Crippen LogP contribution in [0.25, 0.3) is 0 Å². The van der Waals surface area contributed by atoms with E-state index in [2.05, 4.69) is 58.6 Å². The van der Waals surface area contributed by atoms with Gasteiger partial charge >= 0.3 is 0 Å². The molecule has 0 fully saturated rings. The van der Waals surface area contributed by atoms with Gasteiger partial charge in [-0.25, -0.2) is 4.99 Å². The third-order valence-corrected chi connectivity index (χ3v) is 3.64. The van der Waals surface area contributed by atoms with Crippen LogP contribution >= 0.6 is 24.0 Å². The Balaban J connectivity index is 0.00000576. The van der Waals surface area contributed by atoms with Crippen LogP contribution in [-0.2, 0) is 4.79 Å². The number of likely N-dealkylation sites (N-methyl/N-ethyl adjacent to an activating group) is 2. The predicted octanol–water partition coefficient (Wildman–Crippen LogP) is 2.08. The molecule has 0 heterocycles. The van der Waals surface area contributed by atoms with E-state index < -0.39 is 0 Å². The molecule has 0 saturated carbocycles. The molecule has 0 spiro atoms. The van der Waals surface area contributed by atoms with Crippen LogP contribution in [0.3, 0.4) is 0 Å². The maximum absolute atomic E-state index is 11.7. The Hall–Kier alpha value is -1.51. The smallest absolute Gasteiger partial charge is 0.243 e. The summed E-state index contributed by atoms with van der Waals surface area (Å²) in [6, 6.07) is 8.51. The average Bonchev–Trinajstić information content (AvgIpc) is 2.56. The molecular weight excluding hydrogens is 429 g/mol. The van der Waals surface area contributed by atoms with Crippen molar-refractivity contribution in [2.24, 2.45) is 4.99 Å². The van der Waals surface area contributed by atoms with Crippen LogP contribution in [-0.4, -0.2) is 63.6 Å². The number of carbonyl (C=O) groups excluding carboxylic acids is 1. The first kappa shape index (κ1) is 23.5. The highest BCUT2D eigenvalue weighted by Crippen LogP contribution is 2.14. The predicted molar refractivity (Wildman–Crippen MR) is 117 cm³/mol. The van der Waals surface area contributed by atoms with Gasteiger partial charge in [0.25, 0.3) is 0 Å². The molecule has 2 N–H and O–H groups in total. The van der Waals surface area contributed by atoms with Crippen LogP contribution in [0.4, 0.5) is 5.69 Å². The number of carbonyl (C=O) groups is 1. The van der Waals surface area contributed by atoms with Crippen molar-refractivity contribution in [2.45, 2.75) is 20.8 Å². The van der Waals surface area contributed by atoms with Gasteiger partial charge in [-0.2, -0.15) is 0 Å². The third kappa shape index (κ3) is 8.94. The Kier molecular flexibility index (Phi) is 12.0. The van der Waals surface area contributed by atoms with Gasteiger partial charge in [-0.1, -0.05) is 12.1 Å². The number of benzene rings is 1. The van der Waals surface area contributed by atoms with Crippen molar-refractivity contribution >= 4 is 41.5 Å². The standard InChI is InChI=1S/C18H31N5O.HI/c1-6-19-18(21-14-17(24)22(4)5)20-11-12-23(7-2)16-10-8-9-15(3)13-16;/h8-10,13H,6-7,11-12,14H2,1-5H3,(H2,19,20,21);1H. The minimum absolute atomic E-state index is 0. The number of halogens is 1. The Bertz CT molecular complexity index is 548. The number of anilines is 1. The van der Waals surface area contributed by atoms with Crippen LogP contribution in [0.5, 0.6) is 0 Å². The summed E-state index contributed by atoms with van der Waals surface area (Å²) < 4.78 is 0. The number of nitrogens with zero attached hydrogens (tertiary/aromatic N) is 3. The molecule has 25 heavy (non-hydrogen) atoms. The zero-order chi connectivity index (χ0) is 17.9. The van der Waals surface area contributed by atoms with E-state index in [1.165, 1.54) is 11.3 Å². The molecule has 7 heteroatoms. The molecule has 0 aliphatic rings. The SMILES string of the molecule is CCNC(=NCC(=O)N(C)C)NCCN(CC)c1cccc(C)c1.I. The van der Waals surface area contributed by atoms with Crippen LogP contribution in [0, 0.1) is 6.92 Å². The van der Waals surface area contributed by atoms with Crippen molar-refractivity contribution in [1.29, 1.82) is 0 Å². The number of aryl methyl sites for hydroxylation is 1. The molecule has 0 aliphatic carbocycles. The number of rotatable bonds is 8. The monoisotopic (exact) mass is 461 g/mol. The Morgan fingerprint density at radius 3 is 2.48 bits per heavy atom. The molecule has 142 valence electrons. The lowest BCUT2D eigenvalue weighted by Gasteiger charge is -2.24. The lowest BCUT2D eigenvalue weighted by Crippen LogP contribution is -2.42. The van der Waals surface area contributed by atoms with E-state index in [1.54, 1.807) is 19.0 Å². The van der Waals surface area contributed by atoms with E-state index in [-0.39, 0.29) is 36.4 Å². The highest BCUT2D eigenvalue weighted by Gasteiger charge is 2.06. The lowest BCUT2D eigenvalue weighted by molar-refractivity contribution is -0.127. The summed E-state index contributed by atoms with van der Waals surface area (Å²) in [5, 5.41) is 6.46. The van der Waals surface area contributed by atoms with E-state index in [4.69, 9.17) is 0 Å². The fourth-order valence-corrected chi connectivity index (χ4v) is 2.23. The quantitative estimate of drug-likeness (QED) is 0.354. The minimum Gasteiger partial charge on any atom is -0.370 e. The maximum atomic E-state index is 11.7. The third-order valence-electron chi connectivity index (χ3n) is 3.64. The molecule has 0 unspecified atom stereocenters. The van der Waals surface area contributed by atoms with Crippen molar-refractivity contribution in [3.8, 4) is 0 Å². The number of hydrogen-bond acceptors (Lipinski definition) is 3. The topological polar surface area (TPSA) is 60.0 Å². The van der Waals surface area contributed by atoms with E-state index in [1.807, 2.05) is 6.92 Å². The number of amides is 1.